The Morgan fingerprint density at radius 2 is 1.57 bits per heavy atom. The van der Waals surface area contributed by atoms with Gasteiger partial charge in [0.2, 0.25) is 0 Å². The normalized spacial score (nSPS) is 22.3. The standard InChI is InChI=1S/C33H40FN3O3/c1-2-37(32(38)40-24-27-11-7-4-8-12-27)31-17-19-35(20-18-31)22-29-23-36(21-26-9-5-3-6-10-26)25-33(29,39)28-13-15-30(34)16-14-28/h3-16,29,31,39H,2,17-25H2,1H3. The lowest BCUT2D eigenvalue weighted by Gasteiger charge is -2.40. The van der Waals surface area contributed by atoms with Gasteiger partial charge < -0.3 is 19.6 Å². The molecule has 7 heteroatoms. The van der Waals surface area contributed by atoms with Gasteiger partial charge in [0.15, 0.2) is 0 Å². The number of aliphatic hydroxyl groups is 1. The van der Waals surface area contributed by atoms with Crippen molar-refractivity contribution in [2.24, 2.45) is 5.92 Å². The summed E-state index contributed by atoms with van der Waals surface area (Å²) in [4.78, 5) is 19.4. The van der Waals surface area contributed by atoms with E-state index in [-0.39, 0.29) is 30.5 Å². The number of nitrogens with zero attached hydrogens (tertiary/aromatic N) is 3. The van der Waals surface area contributed by atoms with Crippen LogP contribution in [-0.2, 0) is 23.5 Å². The Labute approximate surface area is 237 Å². The predicted octanol–water partition coefficient (Wildman–Crippen LogP) is 5.27. The largest absolute Gasteiger partial charge is 0.445 e. The fourth-order valence-corrected chi connectivity index (χ4v) is 6.30. The maximum atomic E-state index is 13.7. The quantitative estimate of drug-likeness (QED) is 0.397. The predicted molar refractivity (Wildman–Crippen MR) is 154 cm³/mol. The zero-order chi connectivity index (χ0) is 28.0. The van der Waals surface area contributed by atoms with Crippen molar-refractivity contribution in [3.8, 4) is 0 Å². The average molecular weight is 546 g/mol. The smallest absolute Gasteiger partial charge is 0.410 e. The van der Waals surface area contributed by atoms with Gasteiger partial charge in [-0.3, -0.25) is 4.90 Å². The Morgan fingerprint density at radius 1 is 0.950 bits per heavy atom. The molecular weight excluding hydrogens is 505 g/mol. The van der Waals surface area contributed by atoms with Gasteiger partial charge in [0.1, 0.15) is 18.0 Å². The van der Waals surface area contributed by atoms with Gasteiger partial charge in [0.25, 0.3) is 0 Å². The highest BCUT2D eigenvalue weighted by Gasteiger charge is 2.47. The lowest BCUT2D eigenvalue weighted by molar-refractivity contribution is -0.0108. The maximum absolute atomic E-state index is 13.7. The molecule has 2 fully saturated rings. The van der Waals surface area contributed by atoms with Gasteiger partial charge in [-0.05, 0) is 48.6 Å². The summed E-state index contributed by atoms with van der Waals surface area (Å²) in [5, 5.41) is 12.0. The van der Waals surface area contributed by atoms with Crippen LogP contribution in [0.3, 0.4) is 0 Å². The maximum Gasteiger partial charge on any atom is 0.410 e. The summed E-state index contributed by atoms with van der Waals surface area (Å²) >= 11 is 0. The van der Waals surface area contributed by atoms with Crippen molar-refractivity contribution in [1.82, 2.24) is 14.7 Å². The third-order valence-electron chi connectivity index (χ3n) is 8.47. The van der Waals surface area contributed by atoms with E-state index in [0.717, 1.165) is 56.7 Å². The summed E-state index contributed by atoms with van der Waals surface area (Å²) in [7, 11) is 0. The van der Waals surface area contributed by atoms with Crippen LogP contribution in [0, 0.1) is 11.7 Å². The third kappa shape index (κ3) is 6.72. The topological polar surface area (TPSA) is 56.2 Å². The molecule has 3 aromatic rings. The minimum atomic E-state index is -1.06. The molecule has 2 aliphatic rings. The molecule has 2 heterocycles. The van der Waals surface area contributed by atoms with Gasteiger partial charge in [-0.2, -0.15) is 0 Å². The molecule has 1 N–H and O–H groups in total. The Balaban J connectivity index is 1.20. The van der Waals surface area contributed by atoms with Crippen molar-refractivity contribution in [3.05, 3.63) is 107 Å². The minimum absolute atomic E-state index is 0.0173. The van der Waals surface area contributed by atoms with Crippen molar-refractivity contribution < 1.29 is 19.0 Å². The fraction of sp³-hybridized carbons (Fsp3) is 0.424. The summed E-state index contributed by atoms with van der Waals surface area (Å²) in [5.41, 5.74) is 1.90. The van der Waals surface area contributed by atoms with E-state index in [0.29, 0.717) is 13.1 Å². The fourth-order valence-electron chi connectivity index (χ4n) is 6.30. The minimum Gasteiger partial charge on any atom is -0.445 e. The van der Waals surface area contributed by atoms with E-state index in [9.17, 15) is 14.3 Å². The molecule has 0 aromatic heterocycles. The number of hydrogen-bond acceptors (Lipinski definition) is 5. The molecular formula is C33H40FN3O3. The van der Waals surface area contributed by atoms with Crippen LogP contribution >= 0.6 is 0 Å². The zero-order valence-electron chi connectivity index (χ0n) is 23.3. The summed E-state index contributed by atoms with van der Waals surface area (Å²) in [6.07, 6.45) is 1.47. The van der Waals surface area contributed by atoms with Gasteiger partial charge in [-0.25, -0.2) is 9.18 Å². The van der Waals surface area contributed by atoms with Crippen LogP contribution in [0.5, 0.6) is 0 Å². The van der Waals surface area contributed by atoms with Crippen molar-refractivity contribution in [2.45, 2.75) is 44.6 Å². The number of hydrogen-bond donors (Lipinski definition) is 1. The van der Waals surface area contributed by atoms with E-state index in [1.165, 1.54) is 17.7 Å². The molecule has 2 atom stereocenters. The molecule has 5 rings (SSSR count). The number of piperidine rings is 1. The van der Waals surface area contributed by atoms with Crippen LogP contribution in [0.2, 0.25) is 0 Å². The molecule has 1 amide bonds. The summed E-state index contributed by atoms with van der Waals surface area (Å²) in [5.74, 6) is -0.316. The molecule has 2 aliphatic heterocycles. The monoisotopic (exact) mass is 545 g/mol. The molecule has 212 valence electrons. The molecule has 0 saturated carbocycles. The van der Waals surface area contributed by atoms with E-state index in [4.69, 9.17) is 4.74 Å². The van der Waals surface area contributed by atoms with E-state index in [1.807, 2.05) is 60.4 Å². The third-order valence-corrected chi connectivity index (χ3v) is 8.47. The van der Waals surface area contributed by atoms with Gasteiger partial charge in [0.05, 0.1) is 0 Å². The molecule has 6 nitrogen and oxygen atoms in total. The first-order chi connectivity index (χ1) is 19.4. The van der Waals surface area contributed by atoms with Crippen LogP contribution in [0.4, 0.5) is 9.18 Å². The number of carbonyl (C=O) groups excluding carboxylic acids is 1. The summed E-state index contributed by atoms with van der Waals surface area (Å²) in [6.45, 7) is 7.36. The van der Waals surface area contributed by atoms with E-state index in [1.54, 1.807) is 12.1 Å². The summed E-state index contributed by atoms with van der Waals surface area (Å²) < 4.78 is 19.3. The van der Waals surface area contributed by atoms with E-state index in [2.05, 4.69) is 21.9 Å². The van der Waals surface area contributed by atoms with Crippen LogP contribution in [0.25, 0.3) is 0 Å². The van der Waals surface area contributed by atoms with Crippen LogP contribution in [0.1, 0.15) is 36.5 Å². The van der Waals surface area contributed by atoms with Crippen molar-refractivity contribution >= 4 is 6.09 Å². The first-order valence-electron chi connectivity index (χ1n) is 14.4. The van der Waals surface area contributed by atoms with Crippen molar-refractivity contribution in [2.75, 3.05) is 39.3 Å². The van der Waals surface area contributed by atoms with Crippen LogP contribution in [-0.4, -0.2) is 71.2 Å². The Morgan fingerprint density at radius 3 is 2.20 bits per heavy atom. The van der Waals surface area contributed by atoms with Gasteiger partial charge in [-0.1, -0.05) is 72.8 Å². The first-order valence-corrected chi connectivity index (χ1v) is 14.4. The van der Waals surface area contributed by atoms with Gasteiger partial charge in [-0.15, -0.1) is 0 Å². The lowest BCUT2D eigenvalue weighted by Crippen LogP contribution is -2.50. The van der Waals surface area contributed by atoms with Crippen LogP contribution < -0.4 is 0 Å². The van der Waals surface area contributed by atoms with Gasteiger partial charge >= 0.3 is 6.09 Å². The van der Waals surface area contributed by atoms with E-state index < -0.39 is 5.60 Å². The van der Waals surface area contributed by atoms with Crippen LogP contribution in [0.15, 0.2) is 84.9 Å². The molecule has 2 unspecified atom stereocenters. The number of β-amino-alcohol motifs (C(OH)–C–C–N with tert-alkyl or cyclic N) is 1. The average Bonchev–Trinajstić information content (AvgIpc) is 3.29. The molecule has 0 spiro atoms. The lowest BCUT2D eigenvalue weighted by atomic mass is 9.83. The number of likely N-dealkylation sites (tertiary alicyclic amines) is 2. The Bertz CT molecular complexity index is 1220. The molecule has 40 heavy (non-hydrogen) atoms. The number of benzene rings is 3. The number of ether oxygens (including phenoxy) is 1. The Kier molecular flexibility index (Phi) is 9.15. The van der Waals surface area contributed by atoms with Crippen molar-refractivity contribution in [3.63, 3.8) is 0 Å². The molecule has 2 saturated heterocycles. The number of carbonyl (C=O) groups is 1. The highest BCUT2D eigenvalue weighted by molar-refractivity contribution is 5.68. The van der Waals surface area contributed by atoms with E-state index >= 15 is 0 Å². The number of halogens is 1. The molecule has 0 bridgehead atoms. The number of amides is 1. The second-order valence-corrected chi connectivity index (χ2v) is 11.1. The van der Waals surface area contributed by atoms with Gasteiger partial charge in [0, 0.05) is 57.8 Å². The Hall–Kier alpha value is -3.26. The zero-order valence-corrected chi connectivity index (χ0v) is 23.3. The first kappa shape index (κ1) is 28.3. The highest BCUT2D eigenvalue weighted by Crippen LogP contribution is 2.39. The highest BCUT2D eigenvalue weighted by atomic mass is 19.1. The molecule has 0 radical (unpaired) electrons. The summed E-state index contributed by atoms with van der Waals surface area (Å²) in [6, 6.07) is 26.5. The second-order valence-electron chi connectivity index (χ2n) is 11.1. The SMILES string of the molecule is CCN(C(=O)OCc1ccccc1)C1CCN(CC2CN(Cc3ccccc3)CC2(O)c2ccc(F)cc2)CC1. The molecule has 3 aromatic carbocycles. The molecule has 0 aliphatic carbocycles. The van der Waals surface area contributed by atoms with Crippen molar-refractivity contribution in [1.29, 1.82) is 0 Å². The number of rotatable bonds is 9. The second kappa shape index (κ2) is 12.9.